The van der Waals surface area contributed by atoms with Gasteiger partial charge in [-0.2, -0.15) is 0 Å². The van der Waals surface area contributed by atoms with E-state index in [1.807, 2.05) is 6.07 Å². The van der Waals surface area contributed by atoms with Gasteiger partial charge in [0, 0.05) is 22.3 Å². The van der Waals surface area contributed by atoms with Gasteiger partial charge in [-0.25, -0.2) is 0 Å². The van der Waals surface area contributed by atoms with Gasteiger partial charge in [0.2, 0.25) is 0 Å². The van der Waals surface area contributed by atoms with Crippen LogP contribution in [-0.4, -0.2) is 25.2 Å². The molecule has 0 spiro atoms. The lowest BCUT2D eigenvalue weighted by molar-refractivity contribution is 0.166. The standard InChI is InChI=1S/C10H14Br2N2O/c1-3-13-9(6-15-2)10-8(12)4-7(11)5-14-10/h4-5,9,13H,3,6H2,1-2H3. The highest BCUT2D eigenvalue weighted by atomic mass is 79.9. The number of ether oxygens (including phenoxy) is 1. The van der Waals surface area contributed by atoms with Gasteiger partial charge in [-0.3, -0.25) is 4.98 Å². The lowest BCUT2D eigenvalue weighted by Crippen LogP contribution is -2.26. The van der Waals surface area contributed by atoms with Gasteiger partial charge in [0.05, 0.1) is 18.3 Å². The van der Waals surface area contributed by atoms with Gasteiger partial charge in [0.1, 0.15) is 0 Å². The fraction of sp³-hybridized carbons (Fsp3) is 0.500. The Balaban J connectivity index is 2.89. The van der Waals surface area contributed by atoms with E-state index in [0.29, 0.717) is 6.61 Å². The van der Waals surface area contributed by atoms with Crippen molar-refractivity contribution in [3.05, 3.63) is 26.9 Å². The summed E-state index contributed by atoms with van der Waals surface area (Å²) in [7, 11) is 1.69. The first-order chi connectivity index (χ1) is 7.19. The molecule has 0 saturated carbocycles. The number of methoxy groups -OCH3 is 1. The molecule has 84 valence electrons. The molecule has 1 N–H and O–H groups in total. The molecule has 0 aliphatic heterocycles. The fourth-order valence-electron chi connectivity index (χ4n) is 1.33. The van der Waals surface area contributed by atoms with Gasteiger partial charge >= 0.3 is 0 Å². The van der Waals surface area contributed by atoms with Crippen molar-refractivity contribution in [1.29, 1.82) is 0 Å². The van der Waals surface area contributed by atoms with Crippen LogP contribution < -0.4 is 5.32 Å². The number of likely N-dealkylation sites (N-methyl/N-ethyl adjacent to an activating group) is 1. The Hall–Kier alpha value is 0.0300. The Morgan fingerprint density at radius 1 is 1.53 bits per heavy atom. The minimum absolute atomic E-state index is 0.127. The highest BCUT2D eigenvalue weighted by Crippen LogP contribution is 2.24. The quantitative estimate of drug-likeness (QED) is 0.897. The number of hydrogen-bond donors (Lipinski definition) is 1. The maximum absolute atomic E-state index is 5.16. The molecule has 0 saturated heterocycles. The van der Waals surface area contributed by atoms with Crippen LogP contribution in [0, 0.1) is 0 Å². The summed E-state index contributed by atoms with van der Waals surface area (Å²) in [6, 6.07) is 2.12. The average Bonchev–Trinajstić information content (AvgIpc) is 2.17. The summed E-state index contributed by atoms with van der Waals surface area (Å²) in [6.07, 6.45) is 1.79. The zero-order chi connectivity index (χ0) is 11.3. The van der Waals surface area contributed by atoms with Crippen molar-refractivity contribution >= 4 is 31.9 Å². The Kier molecular flexibility index (Phi) is 5.74. The van der Waals surface area contributed by atoms with Crippen LogP contribution in [0.4, 0.5) is 0 Å². The minimum Gasteiger partial charge on any atom is -0.383 e. The lowest BCUT2D eigenvalue weighted by Gasteiger charge is -2.17. The predicted octanol–water partition coefficient (Wildman–Crippen LogP) is 2.90. The summed E-state index contributed by atoms with van der Waals surface area (Å²) < 4.78 is 7.11. The van der Waals surface area contributed by atoms with Crippen LogP contribution in [0.1, 0.15) is 18.7 Å². The van der Waals surface area contributed by atoms with E-state index in [1.165, 1.54) is 0 Å². The van der Waals surface area contributed by atoms with Gasteiger partial charge in [-0.1, -0.05) is 6.92 Å². The van der Waals surface area contributed by atoms with E-state index in [1.54, 1.807) is 13.3 Å². The monoisotopic (exact) mass is 336 g/mol. The van der Waals surface area contributed by atoms with Crippen molar-refractivity contribution < 1.29 is 4.74 Å². The lowest BCUT2D eigenvalue weighted by atomic mass is 10.2. The van der Waals surface area contributed by atoms with E-state index in [4.69, 9.17) is 4.74 Å². The molecule has 1 atom stereocenters. The maximum atomic E-state index is 5.16. The van der Waals surface area contributed by atoms with Crippen molar-refractivity contribution in [2.75, 3.05) is 20.3 Å². The summed E-state index contributed by atoms with van der Waals surface area (Å²) in [5, 5.41) is 3.33. The average molecular weight is 338 g/mol. The van der Waals surface area contributed by atoms with Crippen LogP contribution in [0.25, 0.3) is 0 Å². The third-order valence-corrected chi connectivity index (χ3v) is 3.02. The molecule has 1 rings (SSSR count). The van der Waals surface area contributed by atoms with Crippen LogP contribution in [0.2, 0.25) is 0 Å². The largest absolute Gasteiger partial charge is 0.383 e. The second-order valence-electron chi connectivity index (χ2n) is 3.09. The zero-order valence-electron chi connectivity index (χ0n) is 8.76. The van der Waals surface area contributed by atoms with Crippen molar-refractivity contribution in [3.63, 3.8) is 0 Å². The molecule has 15 heavy (non-hydrogen) atoms. The van der Waals surface area contributed by atoms with E-state index in [0.717, 1.165) is 21.2 Å². The second kappa shape index (κ2) is 6.58. The van der Waals surface area contributed by atoms with Gasteiger partial charge in [0.25, 0.3) is 0 Å². The van der Waals surface area contributed by atoms with Crippen molar-refractivity contribution in [2.45, 2.75) is 13.0 Å². The Morgan fingerprint density at radius 3 is 2.80 bits per heavy atom. The first kappa shape index (κ1) is 13.1. The Labute approximate surface area is 107 Å². The molecule has 1 aromatic rings. The second-order valence-corrected chi connectivity index (χ2v) is 4.86. The van der Waals surface area contributed by atoms with Crippen molar-refractivity contribution in [3.8, 4) is 0 Å². The predicted molar refractivity (Wildman–Crippen MR) is 67.9 cm³/mol. The summed E-state index contributed by atoms with van der Waals surface area (Å²) in [4.78, 5) is 4.38. The van der Waals surface area contributed by atoms with E-state index < -0.39 is 0 Å². The molecular formula is C10H14Br2N2O. The highest BCUT2D eigenvalue weighted by molar-refractivity contribution is 9.11. The van der Waals surface area contributed by atoms with Crippen LogP contribution >= 0.6 is 31.9 Å². The smallest absolute Gasteiger partial charge is 0.0744 e. The molecule has 1 aromatic heterocycles. The molecule has 0 aliphatic carbocycles. The van der Waals surface area contributed by atoms with Crippen molar-refractivity contribution in [1.82, 2.24) is 10.3 Å². The first-order valence-corrected chi connectivity index (χ1v) is 6.30. The molecule has 0 aliphatic rings. The first-order valence-electron chi connectivity index (χ1n) is 4.72. The number of hydrogen-bond acceptors (Lipinski definition) is 3. The molecule has 0 radical (unpaired) electrons. The molecule has 1 unspecified atom stereocenters. The number of nitrogens with zero attached hydrogens (tertiary/aromatic N) is 1. The SMILES string of the molecule is CCNC(COC)c1ncc(Br)cc1Br. The third-order valence-electron chi connectivity index (χ3n) is 1.95. The van der Waals surface area contributed by atoms with Crippen LogP contribution in [-0.2, 0) is 4.74 Å². The minimum atomic E-state index is 0.127. The fourth-order valence-corrected chi connectivity index (χ4v) is 2.59. The van der Waals surface area contributed by atoms with Crippen LogP contribution in [0.5, 0.6) is 0 Å². The molecule has 3 nitrogen and oxygen atoms in total. The van der Waals surface area contributed by atoms with Gasteiger partial charge < -0.3 is 10.1 Å². The number of halogens is 2. The third kappa shape index (κ3) is 3.83. The number of rotatable bonds is 5. The molecule has 0 bridgehead atoms. The topological polar surface area (TPSA) is 34.1 Å². The summed E-state index contributed by atoms with van der Waals surface area (Å²) in [6.45, 7) is 3.56. The van der Waals surface area contributed by atoms with Gasteiger partial charge in [-0.15, -0.1) is 0 Å². The molecule has 0 fully saturated rings. The van der Waals surface area contributed by atoms with Gasteiger partial charge in [-0.05, 0) is 44.5 Å². The van der Waals surface area contributed by atoms with Crippen LogP contribution in [0.3, 0.4) is 0 Å². The van der Waals surface area contributed by atoms with Gasteiger partial charge in [0.15, 0.2) is 0 Å². The molecule has 0 aromatic carbocycles. The normalized spacial score (nSPS) is 12.8. The molecule has 1 heterocycles. The number of aromatic nitrogens is 1. The maximum Gasteiger partial charge on any atom is 0.0744 e. The summed E-state index contributed by atoms with van der Waals surface area (Å²) in [5.74, 6) is 0. The Morgan fingerprint density at radius 2 is 2.27 bits per heavy atom. The Bertz CT molecular complexity index is 314. The van der Waals surface area contributed by atoms with E-state index in [9.17, 15) is 0 Å². The molecule has 0 amide bonds. The van der Waals surface area contributed by atoms with E-state index >= 15 is 0 Å². The number of pyridine rings is 1. The molecule has 5 heteroatoms. The summed E-state index contributed by atoms with van der Waals surface area (Å²) in [5.41, 5.74) is 0.974. The van der Waals surface area contributed by atoms with Crippen molar-refractivity contribution in [2.24, 2.45) is 0 Å². The van der Waals surface area contributed by atoms with Crippen LogP contribution in [0.15, 0.2) is 21.2 Å². The zero-order valence-corrected chi connectivity index (χ0v) is 11.9. The van der Waals surface area contributed by atoms with E-state index in [2.05, 4.69) is 49.1 Å². The van der Waals surface area contributed by atoms with E-state index in [-0.39, 0.29) is 6.04 Å². The summed E-state index contributed by atoms with van der Waals surface area (Å²) >= 11 is 6.88. The molecular weight excluding hydrogens is 324 g/mol. The highest BCUT2D eigenvalue weighted by Gasteiger charge is 2.14. The number of nitrogens with one attached hydrogen (secondary N) is 1.